The predicted molar refractivity (Wildman–Crippen MR) is 137 cm³/mol. The van der Waals surface area contributed by atoms with Gasteiger partial charge in [0.1, 0.15) is 0 Å². The van der Waals surface area contributed by atoms with Crippen molar-refractivity contribution in [2.45, 2.75) is 52.1 Å². The number of hydrazine groups is 1. The first-order valence-electron chi connectivity index (χ1n) is 11.7. The second-order valence-electron chi connectivity index (χ2n) is 10.4. The topological polar surface area (TPSA) is 44.7 Å². The lowest BCUT2D eigenvalue weighted by Crippen LogP contribution is -2.53. The molecule has 0 bridgehead atoms. The van der Waals surface area contributed by atoms with E-state index in [0.717, 1.165) is 42.1 Å². The number of carbonyl (C=O) groups excluding carboxylic acids is 1. The van der Waals surface area contributed by atoms with Gasteiger partial charge in [0, 0.05) is 10.6 Å². The van der Waals surface area contributed by atoms with Crippen molar-refractivity contribution < 1.29 is 4.79 Å². The van der Waals surface area contributed by atoms with Gasteiger partial charge in [-0.2, -0.15) is 0 Å². The number of aliphatic imine (C=N–C) groups is 1. The molecule has 1 spiro atoms. The normalized spacial score (nSPS) is 23.0. The van der Waals surface area contributed by atoms with Crippen LogP contribution in [-0.4, -0.2) is 17.3 Å². The summed E-state index contributed by atoms with van der Waals surface area (Å²) in [5.41, 5.74) is 4.81. The van der Waals surface area contributed by atoms with Gasteiger partial charge >= 0.3 is 0 Å². The van der Waals surface area contributed by atoms with Crippen LogP contribution in [-0.2, 0) is 0 Å². The third-order valence-corrected chi connectivity index (χ3v) is 7.53. The van der Waals surface area contributed by atoms with Crippen molar-refractivity contribution in [1.29, 1.82) is 0 Å². The second-order valence-corrected chi connectivity index (χ2v) is 10.8. The Hall–Kier alpha value is -2.85. The Kier molecular flexibility index (Phi) is 5.44. The molecule has 0 atom stereocenters. The summed E-state index contributed by atoms with van der Waals surface area (Å²) in [4.78, 5) is 18.6. The van der Waals surface area contributed by atoms with Crippen LogP contribution in [0.5, 0.6) is 0 Å². The van der Waals surface area contributed by atoms with Crippen LogP contribution in [0.4, 0.5) is 5.69 Å². The number of amidine groups is 1. The maximum Gasteiger partial charge on any atom is 0.229 e. The zero-order valence-electron chi connectivity index (χ0n) is 19.4. The van der Waals surface area contributed by atoms with Crippen LogP contribution in [0, 0.1) is 11.3 Å². The van der Waals surface area contributed by atoms with Gasteiger partial charge in [0.05, 0.1) is 5.69 Å². The van der Waals surface area contributed by atoms with Gasteiger partial charge in [-0.05, 0) is 78.1 Å². The number of nitrogens with one attached hydrogen (secondary N) is 1. The molecule has 0 aromatic heterocycles. The molecule has 33 heavy (non-hydrogen) atoms. The van der Waals surface area contributed by atoms with Gasteiger partial charge in [0.25, 0.3) is 0 Å². The summed E-state index contributed by atoms with van der Waals surface area (Å²) in [6.45, 7) is 6.95. The van der Waals surface area contributed by atoms with Crippen molar-refractivity contribution >= 4 is 39.7 Å². The highest BCUT2D eigenvalue weighted by atomic mass is 35.5. The van der Waals surface area contributed by atoms with Gasteiger partial charge in [-0.25, -0.2) is 4.99 Å². The summed E-state index contributed by atoms with van der Waals surface area (Å²) < 4.78 is 0. The summed E-state index contributed by atoms with van der Waals surface area (Å²) >= 11 is 6.15. The average molecular weight is 460 g/mol. The number of ketones is 1. The summed E-state index contributed by atoms with van der Waals surface area (Å²) in [6.07, 6.45) is 3.96. The summed E-state index contributed by atoms with van der Waals surface area (Å²) in [6, 6.07) is 21.7. The molecule has 0 radical (unpaired) electrons. The van der Waals surface area contributed by atoms with E-state index in [0.29, 0.717) is 22.3 Å². The van der Waals surface area contributed by atoms with Gasteiger partial charge in [-0.3, -0.25) is 15.2 Å². The Morgan fingerprint density at radius 2 is 1.67 bits per heavy atom. The Balaban J connectivity index is 1.49. The smallest absolute Gasteiger partial charge is 0.229 e. The molecule has 1 aliphatic heterocycles. The molecule has 1 N–H and O–H groups in total. The van der Waals surface area contributed by atoms with Crippen LogP contribution in [0.15, 0.2) is 71.7 Å². The molecule has 0 saturated heterocycles. The highest BCUT2D eigenvalue weighted by molar-refractivity contribution is 6.46. The fraction of sp³-hybridized carbons (Fsp3) is 0.357. The molecular weight excluding hydrogens is 430 g/mol. The number of carbonyl (C=O) groups is 1. The van der Waals surface area contributed by atoms with E-state index in [4.69, 9.17) is 16.6 Å². The zero-order chi connectivity index (χ0) is 23.2. The minimum absolute atomic E-state index is 0.0745. The quantitative estimate of drug-likeness (QED) is 0.427. The van der Waals surface area contributed by atoms with E-state index >= 15 is 0 Å². The van der Waals surface area contributed by atoms with Crippen LogP contribution in [0.2, 0.25) is 5.02 Å². The highest BCUT2D eigenvalue weighted by Gasteiger charge is 2.47. The zero-order valence-corrected chi connectivity index (χ0v) is 20.2. The number of rotatable bonds is 3. The minimum Gasteiger partial charge on any atom is -0.285 e. The van der Waals surface area contributed by atoms with Gasteiger partial charge in [-0.15, -0.1) is 0 Å². The number of hydrogen-bond donors (Lipinski definition) is 1. The standard InChI is InChI=1S/C28H30ClN3O/c1-27(2,3)22-14-16-28(17-15-22)30-26(31-32(28)24-12-10-23(29)11-13-24)25(33)21-9-8-19-6-4-5-7-20(19)18-21/h4-13,18,22H,14-17H2,1-3H3,(H,30,31). The lowest BCUT2D eigenvalue weighted by atomic mass is 9.69. The lowest BCUT2D eigenvalue weighted by molar-refractivity contribution is 0.106. The third kappa shape index (κ3) is 4.13. The number of nitrogens with zero attached hydrogens (tertiary/aromatic N) is 2. The second kappa shape index (κ2) is 8.18. The first-order chi connectivity index (χ1) is 15.7. The lowest BCUT2D eigenvalue weighted by Gasteiger charge is -2.45. The molecule has 3 aromatic rings. The van der Waals surface area contributed by atoms with Crippen molar-refractivity contribution in [1.82, 2.24) is 5.43 Å². The van der Waals surface area contributed by atoms with Crippen molar-refractivity contribution in [2.24, 2.45) is 16.3 Å². The highest BCUT2D eigenvalue weighted by Crippen LogP contribution is 2.46. The number of Topliss-reactive ketones (excluding diaryl/α,β-unsaturated/α-hetero) is 1. The molecule has 5 heteroatoms. The molecule has 5 rings (SSSR count). The predicted octanol–water partition coefficient (Wildman–Crippen LogP) is 7.03. The molecule has 1 aliphatic carbocycles. The van der Waals surface area contributed by atoms with Crippen molar-refractivity contribution in [3.63, 3.8) is 0 Å². The molecular formula is C28H30ClN3O. The molecule has 1 saturated carbocycles. The summed E-state index contributed by atoms with van der Waals surface area (Å²) in [5, 5.41) is 4.96. The minimum atomic E-state index is -0.461. The Morgan fingerprint density at radius 1 is 1.00 bits per heavy atom. The third-order valence-electron chi connectivity index (χ3n) is 7.28. The number of halogens is 1. The Labute approximate surface area is 200 Å². The average Bonchev–Trinajstić information content (AvgIpc) is 3.17. The first-order valence-corrected chi connectivity index (χ1v) is 12.1. The molecule has 4 nitrogen and oxygen atoms in total. The molecule has 2 aliphatic rings. The Morgan fingerprint density at radius 3 is 2.33 bits per heavy atom. The summed E-state index contributed by atoms with van der Waals surface area (Å²) in [5.74, 6) is 0.981. The van der Waals surface area contributed by atoms with Crippen molar-refractivity contribution in [2.75, 3.05) is 5.01 Å². The monoisotopic (exact) mass is 459 g/mol. The van der Waals surface area contributed by atoms with Crippen LogP contribution in [0.3, 0.4) is 0 Å². The van der Waals surface area contributed by atoms with E-state index in [1.807, 2.05) is 60.7 Å². The maximum atomic E-state index is 13.5. The van der Waals surface area contributed by atoms with Gasteiger partial charge in [-0.1, -0.05) is 68.8 Å². The maximum absolute atomic E-state index is 13.5. The van der Waals surface area contributed by atoms with E-state index in [2.05, 4.69) is 37.3 Å². The molecule has 1 heterocycles. The summed E-state index contributed by atoms with van der Waals surface area (Å²) in [7, 11) is 0. The van der Waals surface area contributed by atoms with E-state index in [1.54, 1.807) is 0 Å². The van der Waals surface area contributed by atoms with Crippen LogP contribution in [0.25, 0.3) is 10.8 Å². The van der Waals surface area contributed by atoms with Crippen LogP contribution in [0.1, 0.15) is 56.8 Å². The fourth-order valence-corrected chi connectivity index (χ4v) is 5.36. The largest absolute Gasteiger partial charge is 0.285 e. The molecule has 170 valence electrons. The Bertz CT molecular complexity index is 1220. The fourth-order valence-electron chi connectivity index (χ4n) is 5.24. The van der Waals surface area contributed by atoms with Crippen molar-refractivity contribution in [3.8, 4) is 0 Å². The SMILES string of the molecule is CC(C)(C)C1CCC2(CC1)N=C(C(=O)c1ccc3ccccc3c1)NN2c1ccc(Cl)cc1. The number of benzene rings is 3. The molecule has 3 aromatic carbocycles. The first kappa shape index (κ1) is 22.0. The van der Waals surface area contributed by atoms with E-state index in [-0.39, 0.29) is 11.2 Å². The van der Waals surface area contributed by atoms with E-state index in [1.165, 1.54) is 0 Å². The van der Waals surface area contributed by atoms with Crippen LogP contribution < -0.4 is 10.4 Å². The number of hydrogen-bond acceptors (Lipinski definition) is 4. The van der Waals surface area contributed by atoms with Gasteiger partial charge in [0.2, 0.25) is 5.78 Å². The number of anilines is 1. The van der Waals surface area contributed by atoms with Crippen molar-refractivity contribution in [3.05, 3.63) is 77.3 Å². The molecule has 0 unspecified atom stereocenters. The van der Waals surface area contributed by atoms with Gasteiger partial charge in [0.15, 0.2) is 11.5 Å². The van der Waals surface area contributed by atoms with E-state index < -0.39 is 5.66 Å². The van der Waals surface area contributed by atoms with Crippen LogP contribution >= 0.6 is 11.6 Å². The molecule has 1 fully saturated rings. The number of fused-ring (bicyclic) bond motifs is 1. The molecule has 0 amide bonds. The van der Waals surface area contributed by atoms with Gasteiger partial charge < -0.3 is 0 Å². The van der Waals surface area contributed by atoms with E-state index in [9.17, 15) is 4.79 Å².